The summed E-state index contributed by atoms with van der Waals surface area (Å²) in [7, 11) is 0. The van der Waals surface area contributed by atoms with Crippen molar-refractivity contribution in [3.63, 3.8) is 0 Å². The summed E-state index contributed by atoms with van der Waals surface area (Å²) in [5.74, 6) is 0.0462. The van der Waals surface area contributed by atoms with E-state index in [2.05, 4.69) is 26.8 Å². The molecule has 2 unspecified atom stereocenters. The van der Waals surface area contributed by atoms with Crippen LogP contribution in [0.2, 0.25) is 0 Å². The van der Waals surface area contributed by atoms with Crippen molar-refractivity contribution in [2.45, 2.75) is 60.1 Å². The van der Waals surface area contributed by atoms with Crippen LogP contribution in [0.5, 0.6) is 0 Å². The molecule has 0 nitrogen and oxygen atoms in total. The third-order valence-corrected chi connectivity index (χ3v) is 3.57. The second kappa shape index (κ2) is 8.44. The van der Waals surface area contributed by atoms with Gasteiger partial charge >= 0.3 is 0 Å². The van der Waals surface area contributed by atoms with Gasteiger partial charge in [0.15, 0.2) is 0 Å². The Hall–Kier alpha value is -0.660. The molecule has 0 N–H and O–H groups in total. The highest BCUT2D eigenvalue weighted by Crippen LogP contribution is 2.24. The first kappa shape index (κ1) is 17.3. The maximum Gasteiger partial charge on any atom is 0.111 e. The van der Waals surface area contributed by atoms with E-state index in [1.54, 1.807) is 13.0 Å². The molecule has 2 atom stereocenters. The van der Waals surface area contributed by atoms with Crippen LogP contribution in [0.15, 0.2) is 23.8 Å². The summed E-state index contributed by atoms with van der Waals surface area (Å²) < 4.78 is 26.1. The van der Waals surface area contributed by atoms with Crippen molar-refractivity contribution >= 4 is 0 Å². The van der Waals surface area contributed by atoms with Crippen molar-refractivity contribution in [2.75, 3.05) is 6.67 Å². The quantitative estimate of drug-likeness (QED) is 0.493. The number of rotatable bonds is 8. The van der Waals surface area contributed by atoms with Crippen LogP contribution in [0.3, 0.4) is 0 Å². The molecule has 0 aliphatic carbocycles. The summed E-state index contributed by atoms with van der Waals surface area (Å²) in [6.07, 6.45) is 6.90. The minimum atomic E-state index is -0.852. The zero-order valence-electron chi connectivity index (χ0n) is 12.5. The summed E-state index contributed by atoms with van der Waals surface area (Å²) >= 11 is 0. The number of hydrogen-bond donors (Lipinski definition) is 0. The van der Waals surface area contributed by atoms with E-state index in [1.807, 2.05) is 13.0 Å². The normalized spacial score (nSPS) is 17.2. The SMILES string of the molecule is CCC(F)C/C=C(/CF)C(C)/C=C\C(C)(C)CC. The molecule has 0 amide bonds. The van der Waals surface area contributed by atoms with E-state index < -0.39 is 12.8 Å². The van der Waals surface area contributed by atoms with Gasteiger partial charge in [-0.2, -0.15) is 0 Å². The summed E-state index contributed by atoms with van der Waals surface area (Å²) in [6.45, 7) is 9.73. The lowest BCUT2D eigenvalue weighted by molar-refractivity contribution is 0.326. The molecule has 18 heavy (non-hydrogen) atoms. The van der Waals surface area contributed by atoms with Crippen molar-refractivity contribution in [1.29, 1.82) is 0 Å². The predicted octanol–water partition coefficient (Wildman–Crippen LogP) is 5.65. The first-order chi connectivity index (χ1) is 8.36. The molecule has 0 saturated carbocycles. The van der Waals surface area contributed by atoms with E-state index in [1.165, 1.54) is 0 Å². The predicted molar refractivity (Wildman–Crippen MR) is 76.2 cm³/mol. The van der Waals surface area contributed by atoms with E-state index in [-0.39, 0.29) is 11.3 Å². The van der Waals surface area contributed by atoms with Gasteiger partial charge in [-0.25, -0.2) is 8.78 Å². The molecule has 0 bridgehead atoms. The van der Waals surface area contributed by atoms with Crippen LogP contribution in [-0.4, -0.2) is 12.8 Å². The summed E-state index contributed by atoms with van der Waals surface area (Å²) in [4.78, 5) is 0. The monoisotopic (exact) mass is 258 g/mol. The van der Waals surface area contributed by atoms with Gasteiger partial charge in [-0.05, 0) is 36.2 Å². The van der Waals surface area contributed by atoms with Crippen LogP contribution in [0.25, 0.3) is 0 Å². The first-order valence-corrected chi connectivity index (χ1v) is 6.94. The molecule has 0 aromatic heterocycles. The summed E-state index contributed by atoms with van der Waals surface area (Å²) in [5, 5.41) is 0. The number of alkyl halides is 2. The number of hydrogen-bond acceptors (Lipinski definition) is 0. The molecular weight excluding hydrogens is 230 g/mol. The Morgan fingerprint density at radius 2 is 1.89 bits per heavy atom. The molecule has 0 fully saturated rings. The lowest BCUT2D eigenvalue weighted by atomic mass is 9.87. The highest BCUT2D eigenvalue weighted by atomic mass is 19.1. The van der Waals surface area contributed by atoms with Gasteiger partial charge in [0.25, 0.3) is 0 Å². The fourth-order valence-electron chi connectivity index (χ4n) is 1.45. The number of halogens is 2. The molecule has 2 heteroatoms. The Morgan fingerprint density at radius 1 is 1.28 bits per heavy atom. The Morgan fingerprint density at radius 3 is 2.33 bits per heavy atom. The Balaban J connectivity index is 4.57. The van der Waals surface area contributed by atoms with E-state index in [0.717, 1.165) is 6.42 Å². The third kappa shape index (κ3) is 6.93. The average Bonchev–Trinajstić information content (AvgIpc) is 2.36. The van der Waals surface area contributed by atoms with Crippen LogP contribution < -0.4 is 0 Å². The third-order valence-electron chi connectivity index (χ3n) is 3.57. The smallest absolute Gasteiger partial charge is 0.111 e. The molecule has 0 radical (unpaired) electrons. The van der Waals surface area contributed by atoms with Gasteiger partial charge in [-0.15, -0.1) is 0 Å². The fourth-order valence-corrected chi connectivity index (χ4v) is 1.45. The van der Waals surface area contributed by atoms with Crippen LogP contribution in [0.1, 0.15) is 53.9 Å². The van der Waals surface area contributed by atoms with E-state index in [4.69, 9.17) is 0 Å². The molecule has 106 valence electrons. The standard InChI is InChI=1S/C16H28F2/c1-6-15(18)9-8-14(12-17)13(3)10-11-16(4,5)7-2/h8,10-11,13,15H,6-7,9,12H2,1-5H3/b11-10-,14-8-. The van der Waals surface area contributed by atoms with Gasteiger partial charge < -0.3 is 0 Å². The zero-order chi connectivity index (χ0) is 14.2. The van der Waals surface area contributed by atoms with Crippen molar-refractivity contribution in [3.8, 4) is 0 Å². The van der Waals surface area contributed by atoms with Gasteiger partial charge in [-0.3, -0.25) is 0 Å². The van der Waals surface area contributed by atoms with Gasteiger partial charge in [0.1, 0.15) is 12.8 Å². The lowest BCUT2D eigenvalue weighted by Crippen LogP contribution is -2.07. The van der Waals surface area contributed by atoms with Crippen LogP contribution in [0, 0.1) is 11.3 Å². The van der Waals surface area contributed by atoms with Crippen molar-refractivity contribution in [2.24, 2.45) is 11.3 Å². The molecule has 0 aromatic rings. The maximum absolute atomic E-state index is 13.1. The molecule has 0 rings (SSSR count). The minimum Gasteiger partial charge on any atom is -0.247 e. The molecular formula is C16H28F2. The molecule has 0 aliphatic rings. The van der Waals surface area contributed by atoms with Gasteiger partial charge in [0.05, 0.1) is 0 Å². The first-order valence-electron chi connectivity index (χ1n) is 6.94. The van der Waals surface area contributed by atoms with Crippen molar-refractivity contribution < 1.29 is 8.78 Å². The van der Waals surface area contributed by atoms with Gasteiger partial charge in [0, 0.05) is 0 Å². The van der Waals surface area contributed by atoms with Crippen LogP contribution in [-0.2, 0) is 0 Å². The number of allylic oxidation sites excluding steroid dienone is 4. The average molecular weight is 258 g/mol. The highest BCUT2D eigenvalue weighted by Gasteiger charge is 2.12. The van der Waals surface area contributed by atoms with Crippen molar-refractivity contribution in [1.82, 2.24) is 0 Å². The molecule has 0 spiro atoms. The van der Waals surface area contributed by atoms with E-state index in [9.17, 15) is 8.78 Å². The fraction of sp³-hybridized carbons (Fsp3) is 0.750. The minimum absolute atomic E-state index is 0.0462. The molecule has 0 saturated heterocycles. The second-order valence-electron chi connectivity index (χ2n) is 5.64. The van der Waals surface area contributed by atoms with Crippen LogP contribution in [0.4, 0.5) is 8.78 Å². The Bertz CT molecular complexity index is 277. The van der Waals surface area contributed by atoms with Gasteiger partial charge in [-0.1, -0.05) is 52.8 Å². The summed E-state index contributed by atoms with van der Waals surface area (Å²) in [6, 6.07) is 0. The second-order valence-corrected chi connectivity index (χ2v) is 5.64. The Kier molecular flexibility index (Phi) is 8.13. The summed E-state index contributed by atoms with van der Waals surface area (Å²) in [5.41, 5.74) is 0.830. The zero-order valence-corrected chi connectivity index (χ0v) is 12.5. The van der Waals surface area contributed by atoms with Crippen molar-refractivity contribution in [3.05, 3.63) is 23.8 Å². The Labute approximate surface area is 111 Å². The highest BCUT2D eigenvalue weighted by molar-refractivity contribution is 5.14. The topological polar surface area (TPSA) is 0 Å². The van der Waals surface area contributed by atoms with Crippen LogP contribution >= 0.6 is 0 Å². The molecule has 0 aliphatic heterocycles. The maximum atomic E-state index is 13.1. The van der Waals surface area contributed by atoms with E-state index >= 15 is 0 Å². The molecule has 0 aromatic carbocycles. The largest absolute Gasteiger partial charge is 0.247 e. The lowest BCUT2D eigenvalue weighted by Gasteiger charge is -2.18. The van der Waals surface area contributed by atoms with Gasteiger partial charge in [0.2, 0.25) is 0 Å². The van der Waals surface area contributed by atoms with E-state index in [0.29, 0.717) is 18.4 Å². The molecule has 0 heterocycles.